The minimum Gasteiger partial charge on any atom is -0.466 e. The van der Waals surface area contributed by atoms with Gasteiger partial charge in [0.25, 0.3) is 5.69 Å². The van der Waals surface area contributed by atoms with Gasteiger partial charge in [0.2, 0.25) is 0 Å². The highest BCUT2D eigenvalue weighted by molar-refractivity contribution is 5.87. The Balaban J connectivity index is 3.13. The van der Waals surface area contributed by atoms with Crippen LogP contribution >= 0.6 is 0 Å². The van der Waals surface area contributed by atoms with E-state index in [0.717, 1.165) is 0 Å². The predicted octanol–water partition coefficient (Wildman–Crippen LogP) is 1.99. The number of hydrogen-bond donors (Lipinski definition) is 1. The van der Waals surface area contributed by atoms with E-state index in [9.17, 15) is 20.0 Å². The zero-order valence-corrected chi connectivity index (χ0v) is 13.1. The summed E-state index contributed by atoms with van der Waals surface area (Å²) in [7, 11) is 2.92. The van der Waals surface area contributed by atoms with Gasteiger partial charge in [0.05, 0.1) is 17.6 Å². The summed E-state index contributed by atoms with van der Waals surface area (Å²) >= 11 is 0. The molecule has 0 radical (unpaired) electrons. The second-order valence-electron chi connectivity index (χ2n) is 5.53. The lowest BCUT2D eigenvalue weighted by Gasteiger charge is -2.27. The maximum Gasteiger partial charge on any atom is 0.330 e. The number of nitro benzene ring substituents is 1. The lowest BCUT2D eigenvalue weighted by atomic mass is 10.1. The van der Waals surface area contributed by atoms with Crippen LogP contribution in [0.4, 0.5) is 11.4 Å². The first-order chi connectivity index (χ1) is 10.1. The maximum atomic E-state index is 11.2. The molecule has 0 saturated carbocycles. The number of carbonyl (C=O) groups excluding carboxylic acids is 1. The summed E-state index contributed by atoms with van der Waals surface area (Å²) in [5, 5.41) is 21.1. The second kappa shape index (κ2) is 7.04. The number of hydrogen-bond acceptors (Lipinski definition) is 6. The average molecular weight is 308 g/mol. The second-order valence-corrected chi connectivity index (χ2v) is 5.53. The van der Waals surface area contributed by atoms with E-state index in [1.54, 1.807) is 37.9 Å². The molecule has 0 bridgehead atoms. The molecule has 0 aliphatic rings. The van der Waals surface area contributed by atoms with Crippen LogP contribution in [0.1, 0.15) is 19.4 Å². The number of carbonyl (C=O) groups is 1. The smallest absolute Gasteiger partial charge is 0.330 e. The number of nitrogens with zero attached hydrogens (tertiary/aromatic N) is 2. The predicted molar refractivity (Wildman–Crippen MR) is 83.7 cm³/mol. The third kappa shape index (κ3) is 5.17. The van der Waals surface area contributed by atoms with Crippen molar-refractivity contribution >= 4 is 23.4 Å². The van der Waals surface area contributed by atoms with E-state index in [0.29, 0.717) is 11.3 Å². The minimum absolute atomic E-state index is 0.0984. The number of anilines is 1. The molecule has 0 spiro atoms. The maximum absolute atomic E-state index is 11.2. The van der Waals surface area contributed by atoms with Gasteiger partial charge >= 0.3 is 5.97 Å². The Morgan fingerprint density at radius 3 is 2.64 bits per heavy atom. The third-order valence-corrected chi connectivity index (χ3v) is 2.84. The van der Waals surface area contributed by atoms with Crippen LogP contribution in [0, 0.1) is 10.1 Å². The molecular formula is C15H20N2O5. The summed E-state index contributed by atoms with van der Waals surface area (Å²) in [5.74, 6) is -0.536. The fraction of sp³-hybridized carbons (Fsp3) is 0.400. The minimum atomic E-state index is -0.980. The van der Waals surface area contributed by atoms with Gasteiger partial charge in [-0.2, -0.15) is 0 Å². The van der Waals surface area contributed by atoms with Crippen molar-refractivity contribution in [1.82, 2.24) is 0 Å². The molecule has 1 rings (SSSR count). The van der Waals surface area contributed by atoms with Crippen molar-refractivity contribution < 1.29 is 19.6 Å². The van der Waals surface area contributed by atoms with Gasteiger partial charge in [0, 0.05) is 25.7 Å². The number of rotatable bonds is 6. The number of ether oxygens (including phenoxy) is 1. The summed E-state index contributed by atoms with van der Waals surface area (Å²) in [5.41, 5.74) is -0.176. The Labute approximate surface area is 129 Å². The molecular weight excluding hydrogens is 288 g/mol. The topological polar surface area (TPSA) is 92.9 Å². The first kappa shape index (κ1) is 17.6. The first-order valence-corrected chi connectivity index (χ1v) is 6.62. The fourth-order valence-corrected chi connectivity index (χ4v) is 2.01. The molecule has 1 N–H and O–H groups in total. The van der Waals surface area contributed by atoms with E-state index < -0.39 is 16.5 Å². The summed E-state index contributed by atoms with van der Waals surface area (Å²) < 4.78 is 4.47. The van der Waals surface area contributed by atoms with Gasteiger partial charge in [-0.1, -0.05) is 6.07 Å². The Bertz CT molecular complexity index is 590. The van der Waals surface area contributed by atoms with Gasteiger partial charge in [-0.15, -0.1) is 0 Å². The van der Waals surface area contributed by atoms with Gasteiger partial charge in [0.1, 0.15) is 5.69 Å². The SMILES string of the molecule is COC(=O)C=Cc1ccc(N(C)CC(C)(C)O)c([N+](=O)[O-])c1. The molecule has 7 heteroatoms. The van der Waals surface area contributed by atoms with Crippen LogP contribution in [0.3, 0.4) is 0 Å². The van der Waals surface area contributed by atoms with Crippen LogP contribution in [-0.2, 0) is 9.53 Å². The van der Waals surface area contributed by atoms with E-state index in [1.165, 1.54) is 25.3 Å². The number of benzene rings is 1. The highest BCUT2D eigenvalue weighted by Crippen LogP contribution is 2.29. The molecule has 0 heterocycles. The van der Waals surface area contributed by atoms with Crippen molar-refractivity contribution in [2.75, 3.05) is 25.6 Å². The highest BCUT2D eigenvalue weighted by Gasteiger charge is 2.22. The largest absolute Gasteiger partial charge is 0.466 e. The Hall–Kier alpha value is -2.41. The molecule has 0 aliphatic heterocycles. The number of nitro groups is 1. The van der Waals surface area contributed by atoms with Gasteiger partial charge in [-0.05, 0) is 31.6 Å². The summed E-state index contributed by atoms with van der Waals surface area (Å²) in [4.78, 5) is 23.4. The average Bonchev–Trinajstić information content (AvgIpc) is 2.42. The van der Waals surface area contributed by atoms with E-state index in [2.05, 4.69) is 4.74 Å². The molecule has 0 fully saturated rings. The normalized spacial score (nSPS) is 11.5. The number of esters is 1. The van der Waals surface area contributed by atoms with Crippen molar-refractivity contribution in [1.29, 1.82) is 0 Å². The molecule has 1 aromatic carbocycles. The monoisotopic (exact) mass is 308 g/mol. The van der Waals surface area contributed by atoms with Gasteiger partial charge in [-0.3, -0.25) is 10.1 Å². The van der Waals surface area contributed by atoms with Crippen LogP contribution in [0.2, 0.25) is 0 Å². The van der Waals surface area contributed by atoms with Crippen LogP contribution in [-0.4, -0.2) is 42.3 Å². The lowest BCUT2D eigenvalue weighted by molar-refractivity contribution is -0.384. The molecule has 0 aliphatic carbocycles. The lowest BCUT2D eigenvalue weighted by Crippen LogP contribution is -2.36. The van der Waals surface area contributed by atoms with Crippen molar-refractivity contribution in [3.63, 3.8) is 0 Å². The Morgan fingerprint density at radius 1 is 1.50 bits per heavy atom. The highest BCUT2D eigenvalue weighted by atomic mass is 16.6. The zero-order valence-electron chi connectivity index (χ0n) is 13.1. The molecule has 0 atom stereocenters. The zero-order chi connectivity index (χ0) is 16.9. The van der Waals surface area contributed by atoms with Crippen molar-refractivity contribution in [2.45, 2.75) is 19.4 Å². The fourth-order valence-electron chi connectivity index (χ4n) is 2.01. The first-order valence-electron chi connectivity index (χ1n) is 6.62. The Morgan fingerprint density at radius 2 is 2.14 bits per heavy atom. The molecule has 120 valence electrons. The van der Waals surface area contributed by atoms with Crippen molar-refractivity contribution in [3.8, 4) is 0 Å². The van der Waals surface area contributed by atoms with Gasteiger partial charge < -0.3 is 14.7 Å². The van der Waals surface area contributed by atoms with Crippen LogP contribution in [0.5, 0.6) is 0 Å². The molecule has 0 unspecified atom stereocenters. The molecule has 7 nitrogen and oxygen atoms in total. The summed E-state index contributed by atoms with van der Waals surface area (Å²) in [6.07, 6.45) is 2.64. The summed E-state index contributed by atoms with van der Waals surface area (Å²) in [6.45, 7) is 3.50. The number of aliphatic hydroxyl groups is 1. The van der Waals surface area contributed by atoms with Gasteiger partial charge in [-0.25, -0.2) is 4.79 Å². The van der Waals surface area contributed by atoms with Crippen molar-refractivity contribution in [2.24, 2.45) is 0 Å². The van der Waals surface area contributed by atoms with Crippen LogP contribution < -0.4 is 4.90 Å². The van der Waals surface area contributed by atoms with E-state index >= 15 is 0 Å². The quantitative estimate of drug-likeness (QED) is 0.374. The van der Waals surface area contributed by atoms with E-state index in [1.807, 2.05) is 0 Å². The Kier molecular flexibility index (Phi) is 5.64. The molecule has 0 saturated heterocycles. The van der Waals surface area contributed by atoms with Crippen molar-refractivity contribution in [3.05, 3.63) is 40.0 Å². The molecule has 22 heavy (non-hydrogen) atoms. The van der Waals surface area contributed by atoms with Gasteiger partial charge in [0.15, 0.2) is 0 Å². The molecule has 0 aromatic heterocycles. The number of methoxy groups -OCH3 is 1. The summed E-state index contributed by atoms with van der Waals surface area (Å²) in [6, 6.07) is 4.61. The van der Waals surface area contributed by atoms with Crippen LogP contribution in [0.15, 0.2) is 24.3 Å². The third-order valence-electron chi connectivity index (χ3n) is 2.84. The number of likely N-dealkylation sites (N-methyl/N-ethyl adjacent to an activating group) is 1. The molecule has 1 aromatic rings. The van der Waals surface area contributed by atoms with E-state index in [-0.39, 0.29) is 12.2 Å². The van der Waals surface area contributed by atoms with E-state index in [4.69, 9.17) is 0 Å². The molecule has 0 amide bonds. The standard InChI is InChI=1S/C15H20N2O5/c1-15(2,19)10-16(3)12-7-5-11(6-8-14(18)22-4)9-13(12)17(20)21/h5-9,19H,10H2,1-4H3. The van der Waals surface area contributed by atoms with Crippen LogP contribution in [0.25, 0.3) is 6.08 Å².